The third-order valence-electron chi connectivity index (χ3n) is 4.64. The number of halogens is 3. The molecule has 150 valence electrons. The summed E-state index contributed by atoms with van der Waals surface area (Å²) in [6.45, 7) is 0.528. The van der Waals surface area contributed by atoms with Gasteiger partial charge in [0.05, 0.1) is 13.2 Å². The number of para-hydroxylation sites is 1. The number of methoxy groups -OCH3 is 1. The molecule has 1 aliphatic rings. The number of hydrogen-bond donors (Lipinski definition) is 1. The Morgan fingerprint density at radius 2 is 1.89 bits per heavy atom. The summed E-state index contributed by atoms with van der Waals surface area (Å²) >= 11 is 0. The van der Waals surface area contributed by atoms with Gasteiger partial charge in [-0.25, -0.2) is 4.79 Å². The van der Waals surface area contributed by atoms with E-state index in [0.29, 0.717) is 6.54 Å². The van der Waals surface area contributed by atoms with E-state index < -0.39 is 6.36 Å². The van der Waals surface area contributed by atoms with Crippen LogP contribution in [-0.2, 0) is 6.54 Å². The molecule has 2 aromatic rings. The molecule has 1 heterocycles. The Balaban J connectivity index is 1.66. The van der Waals surface area contributed by atoms with Crippen LogP contribution in [0.5, 0.6) is 11.5 Å². The molecule has 1 aliphatic heterocycles. The number of likely N-dealkylation sites (tertiary alicyclic amines) is 1. The predicted molar refractivity (Wildman–Crippen MR) is 97.0 cm³/mol. The molecule has 0 bridgehead atoms. The number of nitrogens with zero attached hydrogens (tertiary/aromatic N) is 1. The number of carbonyl (C=O) groups is 1. The number of urea groups is 1. The van der Waals surface area contributed by atoms with Gasteiger partial charge >= 0.3 is 12.4 Å². The molecular formula is C20H21F3N2O3. The first-order valence-corrected chi connectivity index (χ1v) is 8.89. The van der Waals surface area contributed by atoms with Crippen LogP contribution in [0.25, 0.3) is 0 Å². The quantitative estimate of drug-likeness (QED) is 0.804. The lowest BCUT2D eigenvalue weighted by atomic mass is 10.0. The van der Waals surface area contributed by atoms with Gasteiger partial charge in [-0.1, -0.05) is 30.3 Å². The fourth-order valence-corrected chi connectivity index (χ4v) is 3.33. The maximum atomic E-state index is 12.6. The molecule has 5 nitrogen and oxygen atoms in total. The van der Waals surface area contributed by atoms with Crippen molar-refractivity contribution in [1.29, 1.82) is 0 Å². The maximum Gasteiger partial charge on any atom is 0.573 e. The van der Waals surface area contributed by atoms with Crippen molar-refractivity contribution >= 4 is 6.03 Å². The third-order valence-corrected chi connectivity index (χ3v) is 4.64. The molecule has 3 rings (SSSR count). The van der Waals surface area contributed by atoms with Crippen molar-refractivity contribution in [3.8, 4) is 11.5 Å². The van der Waals surface area contributed by atoms with Crippen LogP contribution in [0.2, 0.25) is 0 Å². The number of alkyl halides is 3. The lowest BCUT2D eigenvalue weighted by Crippen LogP contribution is -2.39. The molecule has 0 radical (unpaired) electrons. The monoisotopic (exact) mass is 394 g/mol. The number of ether oxygens (including phenoxy) is 2. The summed E-state index contributed by atoms with van der Waals surface area (Å²) in [7, 11) is 1.59. The van der Waals surface area contributed by atoms with E-state index in [4.69, 9.17) is 4.74 Å². The highest BCUT2D eigenvalue weighted by atomic mass is 19.4. The molecule has 1 saturated heterocycles. The summed E-state index contributed by atoms with van der Waals surface area (Å²) in [5.41, 5.74) is 1.25. The fourth-order valence-electron chi connectivity index (χ4n) is 3.33. The van der Waals surface area contributed by atoms with E-state index in [2.05, 4.69) is 10.1 Å². The van der Waals surface area contributed by atoms with Gasteiger partial charge in [0.25, 0.3) is 0 Å². The molecular weight excluding hydrogens is 373 g/mol. The van der Waals surface area contributed by atoms with E-state index in [0.717, 1.165) is 24.2 Å². The van der Waals surface area contributed by atoms with E-state index >= 15 is 0 Å². The minimum atomic E-state index is -4.78. The van der Waals surface area contributed by atoms with Crippen LogP contribution in [0.4, 0.5) is 18.0 Å². The number of nitrogens with one attached hydrogen (secondary N) is 1. The summed E-state index contributed by atoms with van der Waals surface area (Å²) in [6, 6.07) is 12.9. The Labute approximate surface area is 161 Å². The normalized spacial score (nSPS) is 16.7. The number of benzene rings is 2. The summed E-state index contributed by atoms with van der Waals surface area (Å²) in [5, 5.41) is 2.70. The number of amides is 2. The Kier molecular flexibility index (Phi) is 5.96. The number of rotatable bonds is 5. The Morgan fingerprint density at radius 3 is 2.57 bits per heavy atom. The first kappa shape index (κ1) is 19.9. The summed E-state index contributed by atoms with van der Waals surface area (Å²) in [5.74, 6) is 0.419. The lowest BCUT2D eigenvalue weighted by molar-refractivity contribution is -0.274. The molecule has 1 unspecified atom stereocenters. The molecule has 2 aromatic carbocycles. The van der Waals surface area contributed by atoms with Gasteiger partial charge in [-0.15, -0.1) is 13.2 Å². The van der Waals surface area contributed by atoms with E-state index in [1.807, 2.05) is 24.3 Å². The van der Waals surface area contributed by atoms with E-state index in [1.165, 1.54) is 18.2 Å². The summed E-state index contributed by atoms with van der Waals surface area (Å²) < 4.78 is 46.8. The van der Waals surface area contributed by atoms with Gasteiger partial charge in [0, 0.05) is 18.7 Å². The molecule has 0 saturated carbocycles. The lowest BCUT2D eigenvalue weighted by Gasteiger charge is -2.25. The molecule has 0 aliphatic carbocycles. The van der Waals surface area contributed by atoms with Gasteiger partial charge in [-0.2, -0.15) is 0 Å². The molecule has 1 atom stereocenters. The highest BCUT2D eigenvalue weighted by Crippen LogP contribution is 2.33. The molecule has 0 spiro atoms. The number of carbonyl (C=O) groups excluding carboxylic acids is 1. The minimum Gasteiger partial charge on any atom is -0.497 e. The molecule has 2 amide bonds. The zero-order chi connectivity index (χ0) is 20.1. The summed E-state index contributed by atoms with van der Waals surface area (Å²) in [6.07, 6.45) is -3.10. The van der Waals surface area contributed by atoms with Gasteiger partial charge in [-0.3, -0.25) is 0 Å². The first-order valence-electron chi connectivity index (χ1n) is 8.89. The van der Waals surface area contributed by atoms with Crippen molar-refractivity contribution in [3.05, 3.63) is 59.7 Å². The molecule has 1 fully saturated rings. The van der Waals surface area contributed by atoms with Crippen molar-refractivity contribution in [3.63, 3.8) is 0 Å². The van der Waals surface area contributed by atoms with Crippen LogP contribution in [0.3, 0.4) is 0 Å². The average molecular weight is 394 g/mol. The first-order chi connectivity index (χ1) is 13.4. The molecule has 0 aromatic heterocycles. The standard InChI is InChI=1S/C20H21F3N2O3/c1-27-16-10-8-14(9-11-16)17-6-4-12-25(17)19(26)24-13-15-5-2-3-7-18(15)28-20(21,22)23/h2-3,5,7-11,17H,4,6,12-13H2,1H3,(H,24,26). The van der Waals surface area contributed by atoms with Crippen molar-refractivity contribution < 1.29 is 27.4 Å². The Morgan fingerprint density at radius 1 is 1.18 bits per heavy atom. The van der Waals surface area contributed by atoms with Gasteiger partial charge in [-0.05, 0) is 36.6 Å². The third kappa shape index (κ3) is 4.88. The van der Waals surface area contributed by atoms with Crippen molar-refractivity contribution in [2.24, 2.45) is 0 Å². The molecule has 8 heteroatoms. The zero-order valence-electron chi connectivity index (χ0n) is 15.3. The Bertz CT molecular complexity index is 809. The zero-order valence-corrected chi connectivity index (χ0v) is 15.3. The van der Waals surface area contributed by atoms with Crippen molar-refractivity contribution in [2.45, 2.75) is 31.8 Å². The second-order valence-corrected chi connectivity index (χ2v) is 6.44. The fraction of sp³-hybridized carbons (Fsp3) is 0.350. The number of hydrogen-bond acceptors (Lipinski definition) is 3. The van der Waals surface area contributed by atoms with Crippen LogP contribution in [0.1, 0.15) is 30.0 Å². The largest absolute Gasteiger partial charge is 0.573 e. The van der Waals surface area contributed by atoms with Gasteiger partial charge in [0.2, 0.25) is 0 Å². The van der Waals surface area contributed by atoms with Crippen molar-refractivity contribution in [2.75, 3.05) is 13.7 Å². The van der Waals surface area contributed by atoms with E-state index in [-0.39, 0.29) is 29.9 Å². The van der Waals surface area contributed by atoms with Crippen LogP contribution >= 0.6 is 0 Å². The summed E-state index contributed by atoms with van der Waals surface area (Å²) in [4.78, 5) is 14.4. The predicted octanol–water partition coefficient (Wildman–Crippen LogP) is 4.64. The average Bonchev–Trinajstić information content (AvgIpc) is 3.16. The second-order valence-electron chi connectivity index (χ2n) is 6.44. The minimum absolute atomic E-state index is 0.0586. The topological polar surface area (TPSA) is 50.8 Å². The highest BCUT2D eigenvalue weighted by Gasteiger charge is 2.32. The van der Waals surface area contributed by atoms with Gasteiger partial charge < -0.3 is 19.7 Å². The van der Waals surface area contributed by atoms with Crippen LogP contribution in [0, 0.1) is 0 Å². The molecule has 1 N–H and O–H groups in total. The van der Waals surface area contributed by atoms with E-state index in [1.54, 1.807) is 18.1 Å². The Hall–Kier alpha value is -2.90. The van der Waals surface area contributed by atoms with Crippen LogP contribution in [-0.4, -0.2) is 30.9 Å². The maximum absolute atomic E-state index is 12.6. The highest BCUT2D eigenvalue weighted by molar-refractivity contribution is 5.75. The van der Waals surface area contributed by atoms with Crippen molar-refractivity contribution in [1.82, 2.24) is 10.2 Å². The smallest absolute Gasteiger partial charge is 0.497 e. The second kappa shape index (κ2) is 8.41. The van der Waals surface area contributed by atoms with Crippen LogP contribution in [0.15, 0.2) is 48.5 Å². The van der Waals surface area contributed by atoms with E-state index in [9.17, 15) is 18.0 Å². The van der Waals surface area contributed by atoms with Crippen LogP contribution < -0.4 is 14.8 Å². The molecule has 28 heavy (non-hydrogen) atoms. The van der Waals surface area contributed by atoms with Gasteiger partial charge in [0.15, 0.2) is 0 Å². The van der Waals surface area contributed by atoms with Gasteiger partial charge in [0.1, 0.15) is 11.5 Å². The SMILES string of the molecule is COc1ccc(C2CCCN2C(=O)NCc2ccccc2OC(F)(F)F)cc1.